The van der Waals surface area contributed by atoms with Crippen LogP contribution in [-0.4, -0.2) is 7.28 Å². The highest BCUT2D eigenvalue weighted by Gasteiger charge is 2.33. The molecule has 10 aromatic carbocycles. The van der Waals surface area contributed by atoms with Crippen molar-refractivity contribution < 1.29 is 4.42 Å². The average Bonchev–Trinajstić information content (AvgIpc) is 3.76. The van der Waals surface area contributed by atoms with Gasteiger partial charge in [-0.25, -0.2) is 0 Å². The number of rotatable bonds is 9. The van der Waals surface area contributed by atoms with Crippen molar-refractivity contribution in [2.24, 2.45) is 0 Å². The molecular formula is C61H44BN3O. The number of hydrogen-bond donors (Lipinski definition) is 1. The minimum Gasteiger partial charge on any atom is -0.456 e. The van der Waals surface area contributed by atoms with Gasteiger partial charge in [-0.05, 0) is 131 Å². The molecule has 0 fully saturated rings. The molecule has 0 saturated heterocycles. The van der Waals surface area contributed by atoms with Crippen LogP contribution in [0.15, 0.2) is 241 Å². The zero-order valence-corrected chi connectivity index (χ0v) is 36.5. The SMILES string of the molecule is Cc1cc(-c2ccccc2)ccc1N1c2ccc(N(c3ccccc3)c3ccccc3)cc2Bc2c(-c3ccccc3Nc3cccc(-c4ccccc4)c3)cc3oc4ccccc4c3c21. The summed E-state index contributed by atoms with van der Waals surface area (Å²) >= 11 is 0. The Balaban J connectivity index is 1.10. The third-order valence-corrected chi connectivity index (χ3v) is 12.9. The molecule has 0 radical (unpaired) electrons. The van der Waals surface area contributed by atoms with E-state index in [1.165, 1.54) is 33.2 Å². The van der Waals surface area contributed by atoms with Gasteiger partial charge >= 0.3 is 0 Å². The third-order valence-electron chi connectivity index (χ3n) is 12.9. The number of para-hydroxylation sites is 4. The Bertz CT molecular complexity index is 3510. The van der Waals surface area contributed by atoms with Crippen molar-refractivity contribution in [3.8, 4) is 33.4 Å². The van der Waals surface area contributed by atoms with E-state index in [1.54, 1.807) is 0 Å². The highest BCUT2D eigenvalue weighted by molar-refractivity contribution is 6.74. The second kappa shape index (κ2) is 16.5. The molecule has 66 heavy (non-hydrogen) atoms. The van der Waals surface area contributed by atoms with Crippen LogP contribution in [0.1, 0.15) is 5.56 Å². The molecule has 0 spiro atoms. The molecule has 0 atom stereocenters. The number of furan rings is 1. The second-order valence-electron chi connectivity index (χ2n) is 17.0. The molecule has 11 aromatic rings. The lowest BCUT2D eigenvalue weighted by Gasteiger charge is -2.37. The second-order valence-corrected chi connectivity index (χ2v) is 17.0. The maximum atomic E-state index is 6.88. The summed E-state index contributed by atoms with van der Waals surface area (Å²) in [6.45, 7) is 2.24. The van der Waals surface area contributed by atoms with Crippen LogP contribution >= 0.6 is 0 Å². The van der Waals surface area contributed by atoms with Gasteiger partial charge < -0.3 is 19.5 Å². The van der Waals surface area contributed by atoms with E-state index in [9.17, 15) is 0 Å². The van der Waals surface area contributed by atoms with E-state index in [0.29, 0.717) is 7.28 Å². The lowest BCUT2D eigenvalue weighted by atomic mass is 9.57. The van der Waals surface area contributed by atoms with Gasteiger partial charge in [0.05, 0.1) is 11.1 Å². The summed E-state index contributed by atoms with van der Waals surface area (Å²) in [5, 5.41) is 6.08. The molecule has 0 unspecified atom stereocenters. The highest BCUT2D eigenvalue weighted by atomic mass is 16.3. The Morgan fingerprint density at radius 3 is 1.77 bits per heavy atom. The Hall–Kier alpha value is -8.54. The van der Waals surface area contributed by atoms with Crippen molar-refractivity contribution in [1.82, 2.24) is 0 Å². The van der Waals surface area contributed by atoms with Crippen molar-refractivity contribution in [2.75, 3.05) is 15.1 Å². The quantitative estimate of drug-likeness (QED) is 0.147. The first-order valence-corrected chi connectivity index (χ1v) is 22.6. The molecule has 312 valence electrons. The molecule has 0 saturated carbocycles. The van der Waals surface area contributed by atoms with Gasteiger partial charge in [-0.2, -0.15) is 0 Å². The first-order chi connectivity index (χ1) is 32.6. The summed E-state index contributed by atoms with van der Waals surface area (Å²) in [5.41, 5.74) is 21.1. The number of hydrogen-bond acceptors (Lipinski definition) is 4. The summed E-state index contributed by atoms with van der Waals surface area (Å²) in [6.07, 6.45) is 0. The van der Waals surface area contributed by atoms with Crippen LogP contribution in [0.2, 0.25) is 0 Å². The van der Waals surface area contributed by atoms with Gasteiger partial charge in [-0.3, -0.25) is 0 Å². The van der Waals surface area contributed by atoms with E-state index < -0.39 is 0 Å². The Labute approximate surface area is 385 Å². The topological polar surface area (TPSA) is 31.6 Å². The molecule has 1 aliphatic heterocycles. The van der Waals surface area contributed by atoms with Crippen LogP contribution in [-0.2, 0) is 0 Å². The molecule has 1 aliphatic rings. The Morgan fingerprint density at radius 1 is 0.455 bits per heavy atom. The molecule has 1 aromatic heterocycles. The standard InChI is InChI=1S/C61H44BN3O/c1-41-37-45(43-21-8-3-9-22-43)33-35-55(41)65-56-36-34-49(64(47-25-10-4-11-26-47)48-27-12-5-13-28-48)39-53(56)62-60-52(40-58-59(61(60)65)51-30-15-17-32-57(51)66-58)50-29-14-16-31-54(50)63-46-24-18-23-44(38-46)42-19-6-2-7-20-42/h2-40,62-63H,1H3. The van der Waals surface area contributed by atoms with Crippen LogP contribution in [0.4, 0.5) is 45.5 Å². The van der Waals surface area contributed by atoms with Crippen molar-refractivity contribution in [1.29, 1.82) is 0 Å². The minimum absolute atomic E-state index is 0.705. The van der Waals surface area contributed by atoms with Crippen molar-refractivity contribution in [3.05, 3.63) is 242 Å². The predicted octanol–water partition coefficient (Wildman–Crippen LogP) is 15.3. The fourth-order valence-corrected chi connectivity index (χ4v) is 9.91. The van der Waals surface area contributed by atoms with Crippen LogP contribution in [0, 0.1) is 6.92 Å². The third kappa shape index (κ3) is 6.99. The smallest absolute Gasteiger partial charge is 0.198 e. The van der Waals surface area contributed by atoms with E-state index in [-0.39, 0.29) is 0 Å². The highest BCUT2D eigenvalue weighted by Crippen LogP contribution is 2.48. The molecule has 2 heterocycles. The average molecular weight is 846 g/mol. The molecule has 12 rings (SSSR count). The number of aryl methyl sites for hydroxylation is 1. The van der Waals surface area contributed by atoms with Crippen LogP contribution in [0.25, 0.3) is 55.3 Å². The first kappa shape index (κ1) is 39.1. The molecule has 1 N–H and O–H groups in total. The molecular weight excluding hydrogens is 802 g/mol. The Kier molecular flexibility index (Phi) is 9.80. The van der Waals surface area contributed by atoms with Gasteiger partial charge in [0.15, 0.2) is 7.28 Å². The maximum absolute atomic E-state index is 6.88. The van der Waals surface area contributed by atoms with Crippen LogP contribution < -0.4 is 26.0 Å². The fraction of sp³-hybridized carbons (Fsp3) is 0.0164. The first-order valence-electron chi connectivity index (χ1n) is 22.6. The van der Waals surface area contributed by atoms with E-state index in [4.69, 9.17) is 4.42 Å². The summed E-state index contributed by atoms with van der Waals surface area (Å²) in [7, 11) is 0.705. The summed E-state index contributed by atoms with van der Waals surface area (Å²) < 4.78 is 6.88. The number of nitrogens with one attached hydrogen (secondary N) is 1. The van der Waals surface area contributed by atoms with E-state index in [1.807, 2.05) is 0 Å². The number of nitrogens with zero attached hydrogens (tertiary/aromatic N) is 2. The van der Waals surface area contributed by atoms with E-state index in [2.05, 4.69) is 259 Å². The maximum Gasteiger partial charge on any atom is 0.198 e. The molecule has 5 heteroatoms. The number of fused-ring (bicyclic) bond motifs is 6. The van der Waals surface area contributed by atoms with Crippen molar-refractivity contribution in [2.45, 2.75) is 6.92 Å². The van der Waals surface area contributed by atoms with Gasteiger partial charge in [0, 0.05) is 50.8 Å². The molecule has 0 amide bonds. The molecule has 0 bridgehead atoms. The zero-order valence-electron chi connectivity index (χ0n) is 36.5. The summed E-state index contributed by atoms with van der Waals surface area (Å²) in [4.78, 5) is 4.88. The zero-order chi connectivity index (χ0) is 44.0. The molecule has 4 nitrogen and oxygen atoms in total. The summed E-state index contributed by atoms with van der Waals surface area (Å²) in [6, 6.07) is 84.6. The van der Waals surface area contributed by atoms with E-state index >= 15 is 0 Å². The van der Waals surface area contributed by atoms with Gasteiger partial charge in [0.1, 0.15) is 11.2 Å². The van der Waals surface area contributed by atoms with Crippen LogP contribution in [0.5, 0.6) is 0 Å². The predicted molar refractivity (Wildman–Crippen MR) is 280 cm³/mol. The summed E-state index contributed by atoms with van der Waals surface area (Å²) in [5.74, 6) is 0. The monoisotopic (exact) mass is 845 g/mol. The van der Waals surface area contributed by atoms with E-state index in [0.717, 1.165) is 84.1 Å². The Morgan fingerprint density at radius 2 is 1.06 bits per heavy atom. The van der Waals surface area contributed by atoms with Gasteiger partial charge in [-0.1, -0.05) is 157 Å². The fourth-order valence-electron chi connectivity index (χ4n) is 9.91. The number of anilines is 8. The lowest BCUT2D eigenvalue weighted by Crippen LogP contribution is -2.41. The van der Waals surface area contributed by atoms with Gasteiger partial charge in [-0.15, -0.1) is 0 Å². The number of benzene rings is 10. The largest absolute Gasteiger partial charge is 0.456 e. The van der Waals surface area contributed by atoms with Crippen molar-refractivity contribution >= 4 is 85.6 Å². The van der Waals surface area contributed by atoms with Crippen LogP contribution in [0.3, 0.4) is 0 Å². The van der Waals surface area contributed by atoms with Gasteiger partial charge in [0.25, 0.3) is 0 Å². The normalized spacial score (nSPS) is 11.8. The van der Waals surface area contributed by atoms with Gasteiger partial charge in [0.2, 0.25) is 0 Å². The minimum atomic E-state index is 0.705. The van der Waals surface area contributed by atoms with Crippen molar-refractivity contribution in [3.63, 3.8) is 0 Å². The molecule has 0 aliphatic carbocycles. The lowest BCUT2D eigenvalue weighted by molar-refractivity contribution is 0.669.